The summed E-state index contributed by atoms with van der Waals surface area (Å²) in [7, 11) is 1.96. The second-order valence-corrected chi connectivity index (χ2v) is 7.98. The third kappa shape index (κ3) is 3.36. The van der Waals surface area contributed by atoms with Crippen molar-refractivity contribution in [2.45, 2.75) is 25.7 Å². The quantitative estimate of drug-likeness (QED) is 0.570. The number of nitrogens with one attached hydrogen (secondary N) is 1. The fraction of sp³-hybridized carbons (Fsp3) is 0.304. The minimum atomic E-state index is 0.149. The predicted octanol–water partition coefficient (Wildman–Crippen LogP) is 3.23. The number of benzene rings is 1. The molecule has 1 aliphatic rings. The average molecular weight is 400 g/mol. The number of fused-ring (bicyclic) bond motifs is 1. The summed E-state index contributed by atoms with van der Waals surface area (Å²) < 4.78 is 1.96. The molecule has 4 aromatic rings. The van der Waals surface area contributed by atoms with Gasteiger partial charge in [0.1, 0.15) is 11.5 Å². The molecule has 1 aromatic carbocycles. The van der Waals surface area contributed by atoms with E-state index in [9.17, 15) is 4.79 Å². The molecule has 30 heavy (non-hydrogen) atoms. The van der Waals surface area contributed by atoms with Crippen molar-refractivity contribution in [3.05, 3.63) is 66.0 Å². The highest BCUT2D eigenvalue weighted by Crippen LogP contribution is 2.28. The van der Waals surface area contributed by atoms with Crippen LogP contribution in [0.25, 0.3) is 22.4 Å². The van der Waals surface area contributed by atoms with Gasteiger partial charge >= 0.3 is 0 Å². The molecule has 0 bridgehead atoms. The molecule has 0 spiro atoms. The van der Waals surface area contributed by atoms with E-state index in [0.717, 1.165) is 52.5 Å². The third-order valence-corrected chi connectivity index (χ3v) is 5.84. The summed E-state index contributed by atoms with van der Waals surface area (Å²) in [6.07, 6.45) is 6.91. The van der Waals surface area contributed by atoms with Crippen molar-refractivity contribution in [2.24, 2.45) is 7.05 Å². The number of aromatic amines is 1. The van der Waals surface area contributed by atoms with Crippen LogP contribution in [0.2, 0.25) is 0 Å². The normalized spacial score (nSPS) is 16.5. The van der Waals surface area contributed by atoms with E-state index in [1.165, 1.54) is 0 Å². The van der Waals surface area contributed by atoms with Gasteiger partial charge in [-0.3, -0.25) is 4.79 Å². The third-order valence-electron chi connectivity index (χ3n) is 5.84. The van der Waals surface area contributed by atoms with Crippen LogP contribution in [0.15, 0.2) is 48.9 Å². The van der Waals surface area contributed by atoms with Crippen molar-refractivity contribution in [1.82, 2.24) is 29.4 Å². The van der Waals surface area contributed by atoms with Gasteiger partial charge in [0.05, 0.1) is 6.42 Å². The van der Waals surface area contributed by atoms with Crippen molar-refractivity contribution >= 4 is 16.8 Å². The van der Waals surface area contributed by atoms with Gasteiger partial charge in [0.15, 0.2) is 5.82 Å². The van der Waals surface area contributed by atoms with Crippen LogP contribution in [-0.2, 0) is 18.3 Å². The van der Waals surface area contributed by atoms with Crippen LogP contribution >= 0.6 is 0 Å². The van der Waals surface area contributed by atoms with Gasteiger partial charge in [-0.15, -0.1) is 0 Å². The summed E-state index contributed by atoms with van der Waals surface area (Å²) in [5.41, 5.74) is 3.85. The first-order chi connectivity index (χ1) is 14.6. The SMILES string of the molecule is Cc1cc(-c2nccn2C)nc([C@H]2CCN(C(=O)Cc3c[nH]c4ccccc34)C2)n1. The number of aryl methyl sites for hydroxylation is 2. The molecular weight excluding hydrogens is 376 g/mol. The van der Waals surface area contributed by atoms with Crippen molar-refractivity contribution in [3.63, 3.8) is 0 Å². The first-order valence-corrected chi connectivity index (χ1v) is 10.2. The molecule has 0 saturated carbocycles. The number of amides is 1. The molecule has 5 rings (SSSR count). The maximum absolute atomic E-state index is 13.0. The highest BCUT2D eigenvalue weighted by molar-refractivity contribution is 5.89. The fourth-order valence-corrected chi connectivity index (χ4v) is 4.25. The van der Waals surface area contributed by atoms with Gasteiger partial charge in [-0.1, -0.05) is 18.2 Å². The molecule has 152 valence electrons. The Morgan fingerprint density at radius 2 is 2.13 bits per heavy atom. The number of H-pyrrole nitrogens is 1. The summed E-state index contributed by atoms with van der Waals surface area (Å²) in [4.78, 5) is 32.0. The Kier molecular flexibility index (Phi) is 4.58. The first-order valence-electron chi connectivity index (χ1n) is 10.2. The molecule has 4 heterocycles. The Labute approximate surface area is 174 Å². The monoisotopic (exact) mass is 400 g/mol. The molecule has 7 heteroatoms. The largest absolute Gasteiger partial charge is 0.361 e. The number of para-hydroxylation sites is 1. The molecule has 1 N–H and O–H groups in total. The van der Waals surface area contributed by atoms with E-state index in [1.54, 1.807) is 6.20 Å². The number of carbonyl (C=O) groups is 1. The standard InChI is InChI=1S/C23H24N6O/c1-15-11-20(23-24-8-10-28(23)2)27-22(26-15)16-7-9-29(14-16)21(30)12-17-13-25-19-6-4-3-5-18(17)19/h3-6,8,10-11,13,16,25H,7,9,12,14H2,1-2H3/t16-/m0/s1. The van der Waals surface area contributed by atoms with Gasteiger partial charge < -0.3 is 14.5 Å². The molecule has 1 saturated heterocycles. The topological polar surface area (TPSA) is 79.7 Å². The molecule has 1 fully saturated rings. The van der Waals surface area contributed by atoms with E-state index in [0.29, 0.717) is 13.0 Å². The first kappa shape index (κ1) is 18.5. The van der Waals surface area contributed by atoms with Crippen molar-refractivity contribution in [2.75, 3.05) is 13.1 Å². The lowest BCUT2D eigenvalue weighted by molar-refractivity contribution is -0.129. The molecule has 1 atom stereocenters. The Morgan fingerprint density at radius 3 is 2.97 bits per heavy atom. The summed E-state index contributed by atoms with van der Waals surface area (Å²) in [6.45, 7) is 3.37. The number of hydrogen-bond donors (Lipinski definition) is 1. The maximum Gasteiger partial charge on any atom is 0.227 e. The number of nitrogens with zero attached hydrogens (tertiary/aromatic N) is 5. The number of rotatable bonds is 4. The van der Waals surface area contributed by atoms with Gasteiger partial charge in [0, 0.05) is 61.2 Å². The lowest BCUT2D eigenvalue weighted by atomic mass is 10.1. The van der Waals surface area contributed by atoms with Crippen LogP contribution in [0.1, 0.15) is 29.4 Å². The van der Waals surface area contributed by atoms with Crippen LogP contribution in [0, 0.1) is 6.92 Å². The van der Waals surface area contributed by atoms with Crippen molar-refractivity contribution in [3.8, 4) is 11.5 Å². The fourth-order valence-electron chi connectivity index (χ4n) is 4.25. The number of hydrogen-bond acceptors (Lipinski definition) is 4. The number of likely N-dealkylation sites (tertiary alicyclic amines) is 1. The molecule has 0 unspecified atom stereocenters. The summed E-state index contributed by atoms with van der Waals surface area (Å²) in [5, 5.41) is 1.11. The Hall–Kier alpha value is -3.48. The van der Waals surface area contributed by atoms with E-state index < -0.39 is 0 Å². The van der Waals surface area contributed by atoms with Crippen LogP contribution < -0.4 is 0 Å². The lowest BCUT2D eigenvalue weighted by Crippen LogP contribution is -2.30. The van der Waals surface area contributed by atoms with Crippen LogP contribution in [0.5, 0.6) is 0 Å². The number of aromatic nitrogens is 5. The molecule has 1 aliphatic heterocycles. The van der Waals surface area contributed by atoms with Gasteiger partial charge in [0.2, 0.25) is 5.91 Å². The number of carbonyl (C=O) groups excluding carboxylic acids is 1. The van der Waals surface area contributed by atoms with Crippen LogP contribution in [-0.4, -0.2) is 48.4 Å². The van der Waals surface area contributed by atoms with Gasteiger partial charge in [-0.25, -0.2) is 15.0 Å². The van der Waals surface area contributed by atoms with Crippen LogP contribution in [0.4, 0.5) is 0 Å². The summed E-state index contributed by atoms with van der Waals surface area (Å²) >= 11 is 0. The second kappa shape index (κ2) is 7.40. The highest BCUT2D eigenvalue weighted by atomic mass is 16.2. The predicted molar refractivity (Wildman–Crippen MR) is 115 cm³/mol. The van der Waals surface area contributed by atoms with E-state index in [-0.39, 0.29) is 11.8 Å². The molecule has 3 aromatic heterocycles. The zero-order valence-electron chi connectivity index (χ0n) is 17.2. The van der Waals surface area contributed by atoms with E-state index in [2.05, 4.69) is 21.0 Å². The van der Waals surface area contributed by atoms with Gasteiger partial charge in [-0.05, 0) is 31.0 Å². The highest BCUT2D eigenvalue weighted by Gasteiger charge is 2.30. The molecule has 7 nitrogen and oxygen atoms in total. The number of imidazole rings is 1. The zero-order valence-corrected chi connectivity index (χ0v) is 17.2. The molecule has 1 amide bonds. The van der Waals surface area contributed by atoms with E-state index >= 15 is 0 Å². The summed E-state index contributed by atoms with van der Waals surface area (Å²) in [6, 6.07) is 10.0. The maximum atomic E-state index is 13.0. The average Bonchev–Trinajstić information content (AvgIpc) is 3.47. The van der Waals surface area contributed by atoms with Crippen LogP contribution in [0.3, 0.4) is 0 Å². The van der Waals surface area contributed by atoms with E-state index in [1.807, 2.05) is 60.1 Å². The Balaban J connectivity index is 1.33. The minimum absolute atomic E-state index is 0.149. The van der Waals surface area contributed by atoms with E-state index in [4.69, 9.17) is 4.98 Å². The molecule has 0 aliphatic carbocycles. The lowest BCUT2D eigenvalue weighted by Gasteiger charge is -2.16. The Morgan fingerprint density at radius 1 is 1.27 bits per heavy atom. The minimum Gasteiger partial charge on any atom is -0.361 e. The smallest absolute Gasteiger partial charge is 0.227 e. The van der Waals surface area contributed by atoms with Crippen molar-refractivity contribution < 1.29 is 4.79 Å². The zero-order chi connectivity index (χ0) is 20.7. The second-order valence-electron chi connectivity index (χ2n) is 7.98. The molecular formula is C23H24N6O. The van der Waals surface area contributed by atoms with Gasteiger partial charge in [-0.2, -0.15) is 0 Å². The Bertz CT molecular complexity index is 1220. The van der Waals surface area contributed by atoms with Crippen molar-refractivity contribution in [1.29, 1.82) is 0 Å². The summed E-state index contributed by atoms with van der Waals surface area (Å²) in [5.74, 6) is 1.93. The van der Waals surface area contributed by atoms with Gasteiger partial charge in [0.25, 0.3) is 0 Å². The molecule has 0 radical (unpaired) electrons.